The van der Waals surface area contributed by atoms with Crippen molar-refractivity contribution >= 4 is 34.0 Å². The first-order valence-corrected chi connectivity index (χ1v) is 35.3. The van der Waals surface area contributed by atoms with Crippen LogP contribution in [0.5, 0.6) is 0 Å². The van der Waals surface area contributed by atoms with Crippen LogP contribution in [-0.4, -0.2) is 63.5 Å². The summed E-state index contributed by atoms with van der Waals surface area (Å²) < 4.78 is 0. The van der Waals surface area contributed by atoms with Gasteiger partial charge in [0, 0.05) is 123 Å². The Labute approximate surface area is 717 Å². The summed E-state index contributed by atoms with van der Waals surface area (Å²) in [5, 5.41) is 34.6. The summed E-state index contributed by atoms with van der Waals surface area (Å²) in [5.41, 5.74) is 25.3. The SMILES string of the molecule is CC(=O)C=C(C)O.CC(=O)C=C(C)O.CC(=O)C=C(C)O.CC(=O)C=C(C)O.Cc1[c-]c(-c2ccc3ccc(CC(C)C)cc3n2)cc(C)c1.Cc1ccc(-c2ccnc(-c3[c-]cccc3)c2)c(C)c1.Cc1ccc(-c2ccnc(-c3[c-]cccc3)c2)cc1.Cc1cccc(-c2ccnc(-c3[c-]cccc3)c2)c1.[Ir].[Ir].[Ir].[Ir]. The first-order valence-electron chi connectivity index (χ1n) is 35.3. The number of hydrogen-bond acceptors (Lipinski definition) is 12. The number of nitrogens with zero attached hydrogens (tertiary/aromatic N) is 4. The maximum absolute atomic E-state index is 10.0. The summed E-state index contributed by atoms with van der Waals surface area (Å²) in [4.78, 5) is 58.2. The van der Waals surface area contributed by atoms with Crippen LogP contribution in [0.4, 0.5) is 0 Å². The molecule has 16 heteroatoms. The third-order valence-corrected chi connectivity index (χ3v) is 15.1. The minimum atomic E-state index is -0.125. The number of aryl methyl sites for hydroxylation is 6. The van der Waals surface area contributed by atoms with Crippen molar-refractivity contribution in [3.63, 3.8) is 0 Å². The van der Waals surface area contributed by atoms with Gasteiger partial charge in [0.15, 0.2) is 23.1 Å². The maximum atomic E-state index is 10.0. The van der Waals surface area contributed by atoms with Crippen molar-refractivity contribution in [3.8, 4) is 78.4 Å². The quantitative estimate of drug-likeness (QED) is 0.0484. The third-order valence-electron chi connectivity index (χ3n) is 15.1. The Morgan fingerprint density at radius 1 is 0.366 bits per heavy atom. The van der Waals surface area contributed by atoms with Crippen molar-refractivity contribution in [1.82, 2.24) is 19.9 Å². The molecule has 0 spiro atoms. The summed E-state index contributed by atoms with van der Waals surface area (Å²) in [6.07, 6.45) is 11.3. The Morgan fingerprint density at radius 3 is 1.17 bits per heavy atom. The van der Waals surface area contributed by atoms with Gasteiger partial charge >= 0.3 is 0 Å². The zero-order valence-electron chi connectivity index (χ0n) is 66.2. The molecule has 0 aliphatic rings. The number of aliphatic hydroxyl groups excluding tert-OH is 4. The summed E-state index contributed by atoms with van der Waals surface area (Å²) in [6.45, 7) is 28.6. The Hall–Kier alpha value is -9.94. The smallest absolute Gasteiger partial charge is 0.155 e. The van der Waals surface area contributed by atoms with Crippen LogP contribution in [0.25, 0.3) is 89.3 Å². The molecule has 12 rings (SSSR count). The second kappa shape index (κ2) is 53.1. The van der Waals surface area contributed by atoms with E-state index in [-0.39, 0.29) is 127 Å². The third kappa shape index (κ3) is 38.8. The number of carbonyl (C=O) groups is 4. The van der Waals surface area contributed by atoms with E-state index in [0.29, 0.717) is 5.92 Å². The molecule has 0 fully saturated rings. The number of aromatic nitrogens is 4. The van der Waals surface area contributed by atoms with Crippen LogP contribution in [0, 0.1) is 71.7 Å². The van der Waals surface area contributed by atoms with Crippen molar-refractivity contribution < 1.29 is 120 Å². The predicted octanol–water partition coefficient (Wildman–Crippen LogP) is 23.5. The zero-order chi connectivity index (χ0) is 79.2. The van der Waals surface area contributed by atoms with E-state index in [1.807, 2.05) is 104 Å². The number of aliphatic hydroxyl groups is 4. The Kier molecular flexibility index (Phi) is 47.4. The molecule has 12 aromatic rings. The number of hydrogen-bond donors (Lipinski definition) is 4. The van der Waals surface area contributed by atoms with Crippen molar-refractivity contribution in [2.24, 2.45) is 5.92 Å². The van der Waals surface area contributed by atoms with E-state index in [4.69, 9.17) is 25.4 Å². The zero-order valence-corrected chi connectivity index (χ0v) is 75.7. The molecule has 4 heterocycles. The Balaban J connectivity index is 0.000000664. The van der Waals surface area contributed by atoms with Gasteiger partial charge in [0.25, 0.3) is 0 Å². The van der Waals surface area contributed by atoms with Crippen molar-refractivity contribution in [1.29, 1.82) is 0 Å². The fraction of sp³-hybridized carbons (Fsp3) is 0.188. The molecule has 8 aromatic carbocycles. The van der Waals surface area contributed by atoms with Gasteiger partial charge in [0.05, 0.1) is 28.6 Å². The van der Waals surface area contributed by atoms with Gasteiger partial charge in [-0.1, -0.05) is 154 Å². The maximum Gasteiger partial charge on any atom is 0.155 e. The number of ketones is 4. The molecule has 12 nitrogen and oxygen atoms in total. The minimum Gasteiger partial charge on any atom is -0.512 e. The van der Waals surface area contributed by atoms with Gasteiger partial charge in [-0.05, 0) is 192 Å². The van der Waals surface area contributed by atoms with Gasteiger partial charge in [-0.25, -0.2) is 0 Å². The topological polar surface area (TPSA) is 201 Å². The van der Waals surface area contributed by atoms with E-state index in [9.17, 15) is 19.2 Å². The summed E-state index contributed by atoms with van der Waals surface area (Å²) in [5.74, 6) is 0.411. The molecule has 4 radical (unpaired) electrons. The van der Waals surface area contributed by atoms with Gasteiger partial charge in [-0.2, -0.15) is 0 Å². The summed E-state index contributed by atoms with van der Waals surface area (Å²) in [7, 11) is 0. The molecule has 0 saturated heterocycles. The second-order valence-corrected chi connectivity index (χ2v) is 26.3. The van der Waals surface area contributed by atoms with Crippen LogP contribution >= 0.6 is 0 Å². The number of fused-ring (bicyclic) bond motifs is 1. The molecule has 4 N–H and O–H groups in total. The molecule has 0 saturated carbocycles. The van der Waals surface area contributed by atoms with Crippen LogP contribution < -0.4 is 0 Å². The average Bonchev–Trinajstić information content (AvgIpc) is 0.836. The van der Waals surface area contributed by atoms with Gasteiger partial charge in [-0.3, -0.25) is 24.2 Å². The average molecular weight is 2200 g/mol. The van der Waals surface area contributed by atoms with Crippen molar-refractivity contribution in [3.05, 3.63) is 348 Å². The number of rotatable bonds is 13. The van der Waals surface area contributed by atoms with Gasteiger partial charge in [0.2, 0.25) is 0 Å². The molecule has 0 bridgehead atoms. The van der Waals surface area contributed by atoms with E-state index >= 15 is 0 Å². The number of benzene rings is 8. The van der Waals surface area contributed by atoms with E-state index in [0.717, 1.165) is 62.5 Å². The molecule has 590 valence electrons. The van der Waals surface area contributed by atoms with Crippen LogP contribution in [0.1, 0.15) is 108 Å². The largest absolute Gasteiger partial charge is 0.512 e. The summed E-state index contributed by atoms with van der Waals surface area (Å²) >= 11 is 0. The van der Waals surface area contributed by atoms with E-state index in [1.54, 1.807) is 0 Å². The second-order valence-electron chi connectivity index (χ2n) is 26.3. The minimum absolute atomic E-state index is 0. The normalized spacial score (nSPS) is 10.5. The molecule has 4 aromatic heterocycles. The monoisotopic (exact) mass is 2210 g/mol. The fourth-order valence-corrected chi connectivity index (χ4v) is 10.7. The van der Waals surface area contributed by atoms with Gasteiger partial charge < -0.3 is 35.4 Å². The first-order chi connectivity index (χ1) is 51.4. The molecule has 112 heavy (non-hydrogen) atoms. The molecular formula is C96H98Ir4N4O8-4. The van der Waals surface area contributed by atoms with Crippen LogP contribution in [0.15, 0.2) is 284 Å². The first kappa shape index (κ1) is 100. The molecule has 0 aliphatic heterocycles. The fourth-order valence-electron chi connectivity index (χ4n) is 10.7. The molecule has 0 unspecified atom stereocenters. The number of allylic oxidation sites excluding steroid dienone is 8. The van der Waals surface area contributed by atoms with Crippen molar-refractivity contribution in [2.75, 3.05) is 0 Å². The number of carbonyl (C=O) groups excluding carboxylic acids is 4. The molecular weight excluding hydrogens is 2110 g/mol. The molecule has 0 aliphatic carbocycles. The van der Waals surface area contributed by atoms with E-state index in [2.05, 4.69) is 228 Å². The van der Waals surface area contributed by atoms with Crippen LogP contribution in [-0.2, 0) is 106 Å². The van der Waals surface area contributed by atoms with Gasteiger partial charge in [-0.15, -0.1) is 143 Å². The van der Waals surface area contributed by atoms with Gasteiger partial charge in [0.1, 0.15) is 0 Å². The molecule has 0 atom stereocenters. The predicted molar refractivity (Wildman–Crippen MR) is 443 cm³/mol. The molecule has 0 amide bonds. The van der Waals surface area contributed by atoms with Crippen molar-refractivity contribution in [2.45, 2.75) is 117 Å². The van der Waals surface area contributed by atoms with Crippen LogP contribution in [0.2, 0.25) is 0 Å². The van der Waals surface area contributed by atoms with Crippen LogP contribution in [0.3, 0.4) is 0 Å². The summed E-state index contributed by atoms with van der Waals surface area (Å²) in [6, 6.07) is 88.1. The van der Waals surface area contributed by atoms with E-state index in [1.165, 1.54) is 152 Å². The Bertz CT molecular complexity index is 4900. The van der Waals surface area contributed by atoms with E-state index < -0.39 is 0 Å². The number of pyridine rings is 4. The standard InChI is InChI=1S/C21H22N.C19H16N.2C18H14N.4C5H8O2.4Ir/c1-14(2)9-17-5-6-18-7-8-20(22-21(18)13-17)19-11-15(3)10-16(4)12-19;1-14-8-9-18(15(2)12-14)17-10-11-20-19(13-17)16-6-4-3-5-7-16;1-14-6-5-9-16(12-14)17-10-11-19-18(13-17)15-7-3-2-4-8-15;1-14-7-9-15(10-8-14)17-11-12-19-18(13-17)16-5-3-2-4-6-16;4*1-4(6)3-5(2)7;;;;/h5-8,10-11,13-14H,9H2,1-4H3;3-6,8-13H,1-2H3;2-7,9-13H,1H3;2-5,7-13H,1H3;4*3,6H,1-2H3;;;;/q4*-1;;;;;;;;. The Morgan fingerprint density at radius 2 is 0.777 bits per heavy atom.